The van der Waals surface area contributed by atoms with Crippen molar-refractivity contribution < 1.29 is 24.1 Å². The van der Waals surface area contributed by atoms with Crippen LogP contribution in [0.1, 0.15) is 42.7 Å². The van der Waals surface area contributed by atoms with Crippen LogP contribution in [0.15, 0.2) is 29.2 Å². The number of aromatic carboxylic acids is 1. The zero-order chi connectivity index (χ0) is 20.3. The highest BCUT2D eigenvalue weighted by atomic mass is 16.5. The number of benzene rings is 1. The van der Waals surface area contributed by atoms with Crippen LogP contribution in [-0.2, 0) is 11.2 Å². The number of hydrogen-bond acceptors (Lipinski definition) is 5. The summed E-state index contributed by atoms with van der Waals surface area (Å²) in [4.78, 5) is 23.8. The fourth-order valence-corrected chi connectivity index (χ4v) is 3.52. The molecule has 2 aromatic rings. The SMILES string of the molecule is CCOCC1Cc2cc(OCC)c(OCC)cc2-c2cc(=O)c(C(=O)O)cn21. The molecule has 1 aliphatic heterocycles. The molecule has 1 atom stereocenters. The van der Waals surface area contributed by atoms with Gasteiger partial charge in [0.1, 0.15) is 5.56 Å². The Bertz CT molecular complexity index is 933. The number of rotatable bonds is 8. The molecule has 0 saturated carbocycles. The average molecular weight is 387 g/mol. The smallest absolute Gasteiger partial charge is 0.341 e. The highest BCUT2D eigenvalue weighted by Crippen LogP contribution is 2.41. The average Bonchev–Trinajstić information content (AvgIpc) is 2.66. The zero-order valence-electron chi connectivity index (χ0n) is 16.4. The van der Waals surface area contributed by atoms with E-state index in [1.165, 1.54) is 12.3 Å². The van der Waals surface area contributed by atoms with Gasteiger partial charge in [0, 0.05) is 24.4 Å². The van der Waals surface area contributed by atoms with E-state index in [1.807, 2.05) is 37.5 Å². The lowest BCUT2D eigenvalue weighted by Crippen LogP contribution is -2.28. The molecule has 0 fully saturated rings. The fourth-order valence-electron chi connectivity index (χ4n) is 3.52. The summed E-state index contributed by atoms with van der Waals surface area (Å²) < 4.78 is 18.9. The molecular formula is C21H25NO6. The molecule has 1 aromatic heterocycles. The number of carboxylic acid groups (broad SMARTS) is 1. The minimum Gasteiger partial charge on any atom is -0.490 e. The van der Waals surface area contributed by atoms with Crippen molar-refractivity contribution in [2.24, 2.45) is 0 Å². The highest BCUT2D eigenvalue weighted by molar-refractivity contribution is 5.87. The van der Waals surface area contributed by atoms with Crippen molar-refractivity contribution in [3.05, 3.63) is 45.7 Å². The van der Waals surface area contributed by atoms with Gasteiger partial charge in [-0.3, -0.25) is 4.79 Å². The molecule has 1 N–H and O–H groups in total. The maximum absolute atomic E-state index is 12.4. The van der Waals surface area contributed by atoms with Gasteiger partial charge in [-0.1, -0.05) is 0 Å². The van der Waals surface area contributed by atoms with Crippen LogP contribution in [0, 0.1) is 0 Å². The first-order chi connectivity index (χ1) is 13.5. The first-order valence-corrected chi connectivity index (χ1v) is 9.50. The summed E-state index contributed by atoms with van der Waals surface area (Å²) in [5.41, 5.74) is 1.75. The van der Waals surface area contributed by atoms with Crippen molar-refractivity contribution in [3.63, 3.8) is 0 Å². The Morgan fingerprint density at radius 3 is 2.39 bits per heavy atom. The number of hydrogen-bond donors (Lipinski definition) is 1. The van der Waals surface area contributed by atoms with Crippen molar-refractivity contribution >= 4 is 5.97 Å². The molecule has 1 aliphatic rings. The molecule has 28 heavy (non-hydrogen) atoms. The van der Waals surface area contributed by atoms with E-state index in [1.54, 1.807) is 0 Å². The highest BCUT2D eigenvalue weighted by Gasteiger charge is 2.28. The number of carbonyl (C=O) groups is 1. The van der Waals surface area contributed by atoms with Crippen LogP contribution in [-0.4, -0.2) is 42.1 Å². The number of fused-ring (bicyclic) bond motifs is 3. The Balaban J connectivity index is 2.20. The second kappa shape index (κ2) is 8.48. The third-order valence-corrected chi connectivity index (χ3v) is 4.72. The molecule has 7 heteroatoms. The lowest BCUT2D eigenvalue weighted by atomic mass is 9.91. The molecule has 0 amide bonds. The van der Waals surface area contributed by atoms with Gasteiger partial charge in [-0.25, -0.2) is 4.79 Å². The molecule has 7 nitrogen and oxygen atoms in total. The van der Waals surface area contributed by atoms with Crippen molar-refractivity contribution in [2.45, 2.75) is 33.2 Å². The van der Waals surface area contributed by atoms with Crippen LogP contribution in [0.4, 0.5) is 0 Å². The Kier molecular flexibility index (Phi) is 6.04. The Morgan fingerprint density at radius 1 is 1.11 bits per heavy atom. The van der Waals surface area contributed by atoms with Crippen LogP contribution in [0.25, 0.3) is 11.3 Å². The summed E-state index contributed by atoms with van der Waals surface area (Å²) in [6.45, 7) is 7.68. The van der Waals surface area contributed by atoms with Gasteiger partial charge in [0.25, 0.3) is 0 Å². The second-order valence-corrected chi connectivity index (χ2v) is 6.49. The van der Waals surface area contributed by atoms with Crippen molar-refractivity contribution in [1.82, 2.24) is 4.57 Å². The molecule has 1 aromatic carbocycles. The summed E-state index contributed by atoms with van der Waals surface area (Å²) in [6, 6.07) is 5.08. The number of ether oxygens (including phenoxy) is 3. The second-order valence-electron chi connectivity index (χ2n) is 6.49. The number of pyridine rings is 1. The van der Waals surface area contributed by atoms with Gasteiger partial charge in [-0.15, -0.1) is 0 Å². The Hall–Kier alpha value is -2.80. The van der Waals surface area contributed by atoms with Crippen molar-refractivity contribution in [2.75, 3.05) is 26.4 Å². The van der Waals surface area contributed by atoms with E-state index in [4.69, 9.17) is 14.2 Å². The summed E-state index contributed by atoms with van der Waals surface area (Å²) in [5.74, 6) is 0.0341. The fraction of sp³-hybridized carbons (Fsp3) is 0.429. The molecule has 0 saturated heterocycles. The first-order valence-electron chi connectivity index (χ1n) is 9.50. The quantitative estimate of drug-likeness (QED) is 0.749. The van der Waals surface area contributed by atoms with E-state index in [-0.39, 0.29) is 11.6 Å². The van der Waals surface area contributed by atoms with E-state index in [2.05, 4.69) is 0 Å². The minimum atomic E-state index is -1.23. The van der Waals surface area contributed by atoms with Crippen LogP contribution >= 0.6 is 0 Å². The molecule has 2 heterocycles. The monoisotopic (exact) mass is 387 g/mol. The molecule has 0 bridgehead atoms. The van der Waals surface area contributed by atoms with E-state index >= 15 is 0 Å². The molecule has 1 unspecified atom stereocenters. The van der Waals surface area contributed by atoms with Crippen LogP contribution < -0.4 is 14.9 Å². The zero-order valence-corrected chi connectivity index (χ0v) is 16.4. The summed E-state index contributed by atoms with van der Waals surface area (Å²) in [5, 5.41) is 9.35. The molecule has 0 aliphatic carbocycles. The van der Waals surface area contributed by atoms with Crippen LogP contribution in [0.5, 0.6) is 11.5 Å². The number of carboxylic acids is 1. The Labute approximate surface area is 163 Å². The lowest BCUT2D eigenvalue weighted by Gasteiger charge is -2.31. The molecule has 150 valence electrons. The Morgan fingerprint density at radius 2 is 1.79 bits per heavy atom. The van der Waals surface area contributed by atoms with E-state index in [0.717, 1.165) is 11.1 Å². The van der Waals surface area contributed by atoms with Crippen molar-refractivity contribution in [3.8, 4) is 22.8 Å². The first kappa shape index (κ1) is 19.9. The number of nitrogens with zero attached hydrogens (tertiary/aromatic N) is 1. The molecular weight excluding hydrogens is 362 g/mol. The molecule has 0 radical (unpaired) electrons. The van der Waals surface area contributed by atoms with E-state index in [9.17, 15) is 14.7 Å². The van der Waals surface area contributed by atoms with Crippen molar-refractivity contribution in [1.29, 1.82) is 0 Å². The van der Waals surface area contributed by atoms with Crippen LogP contribution in [0.3, 0.4) is 0 Å². The van der Waals surface area contributed by atoms with Crippen LogP contribution in [0.2, 0.25) is 0 Å². The van der Waals surface area contributed by atoms with Gasteiger partial charge < -0.3 is 23.9 Å². The molecule has 0 spiro atoms. The summed E-state index contributed by atoms with van der Waals surface area (Å²) in [7, 11) is 0. The maximum Gasteiger partial charge on any atom is 0.341 e. The van der Waals surface area contributed by atoms with Gasteiger partial charge >= 0.3 is 5.97 Å². The third kappa shape index (κ3) is 3.75. The largest absolute Gasteiger partial charge is 0.490 e. The van der Waals surface area contributed by atoms with Gasteiger partial charge in [0.05, 0.1) is 31.6 Å². The van der Waals surface area contributed by atoms with Gasteiger partial charge in [0.15, 0.2) is 16.9 Å². The summed E-state index contributed by atoms with van der Waals surface area (Å²) in [6.07, 6.45) is 2.06. The topological polar surface area (TPSA) is 87.0 Å². The minimum absolute atomic E-state index is 0.117. The molecule has 3 rings (SSSR count). The van der Waals surface area contributed by atoms with E-state index in [0.29, 0.717) is 50.0 Å². The normalized spacial score (nSPS) is 14.9. The maximum atomic E-state index is 12.4. The van der Waals surface area contributed by atoms with Gasteiger partial charge in [-0.05, 0) is 44.9 Å². The summed E-state index contributed by atoms with van der Waals surface area (Å²) >= 11 is 0. The standard InChI is InChI=1S/C21H25NO6/c1-4-26-12-14-7-13-8-19(27-5-2)20(28-6-3)9-15(13)17-10-18(23)16(21(24)25)11-22(14)17/h8-11,14H,4-7,12H2,1-3H3,(H,24,25). The number of aromatic nitrogens is 1. The van der Waals surface area contributed by atoms with Gasteiger partial charge in [0.2, 0.25) is 0 Å². The van der Waals surface area contributed by atoms with Gasteiger partial charge in [-0.2, -0.15) is 0 Å². The third-order valence-electron chi connectivity index (χ3n) is 4.72. The van der Waals surface area contributed by atoms with E-state index < -0.39 is 11.4 Å². The lowest BCUT2D eigenvalue weighted by molar-refractivity contribution is 0.0693. The predicted octanol–water partition coefficient (Wildman–Crippen LogP) is 3.14. The predicted molar refractivity (Wildman–Crippen MR) is 105 cm³/mol.